The van der Waals surface area contributed by atoms with Gasteiger partial charge in [-0.2, -0.15) is 0 Å². The second-order valence-corrected chi connectivity index (χ2v) is 6.22. The zero-order valence-electron chi connectivity index (χ0n) is 10.0. The normalized spacial score (nSPS) is 24.6. The largest absolute Gasteiger partial charge is 0.486 e. The fraction of sp³-hybridized carbons (Fsp3) is 0.538. The van der Waals surface area contributed by atoms with Crippen LogP contribution in [0.5, 0.6) is 11.5 Å². The van der Waals surface area contributed by atoms with Crippen LogP contribution in [0.4, 0.5) is 0 Å². The Bertz CT molecular complexity index is 485. The predicted molar refractivity (Wildman–Crippen MR) is 69.7 cm³/mol. The first-order valence-electron chi connectivity index (χ1n) is 5.89. The molecule has 1 aliphatic carbocycles. The number of ether oxygens (including phenoxy) is 2. The van der Waals surface area contributed by atoms with Crippen molar-refractivity contribution in [2.24, 2.45) is 5.73 Å². The van der Waals surface area contributed by atoms with E-state index in [9.17, 15) is 0 Å². The van der Waals surface area contributed by atoms with E-state index < -0.39 is 0 Å². The minimum atomic E-state index is 0.0351. The maximum atomic E-state index is 6.26. The van der Waals surface area contributed by atoms with Gasteiger partial charge in [0.1, 0.15) is 13.2 Å². The smallest absolute Gasteiger partial charge is 0.166 e. The van der Waals surface area contributed by atoms with Crippen molar-refractivity contribution in [1.29, 1.82) is 0 Å². The Morgan fingerprint density at radius 3 is 2.82 bits per heavy atom. The van der Waals surface area contributed by atoms with Gasteiger partial charge >= 0.3 is 0 Å². The minimum Gasteiger partial charge on any atom is -0.486 e. The van der Waals surface area contributed by atoms with Gasteiger partial charge in [0.25, 0.3) is 0 Å². The van der Waals surface area contributed by atoms with Crippen LogP contribution in [0.2, 0.25) is 0 Å². The van der Waals surface area contributed by atoms with Crippen molar-refractivity contribution in [3.63, 3.8) is 0 Å². The summed E-state index contributed by atoms with van der Waals surface area (Å²) in [6.45, 7) is 5.66. The fourth-order valence-corrected chi connectivity index (χ4v) is 3.93. The van der Waals surface area contributed by atoms with Gasteiger partial charge in [-0.05, 0) is 23.5 Å². The van der Waals surface area contributed by atoms with Crippen LogP contribution in [0.3, 0.4) is 0 Å². The molecule has 3 rings (SSSR count). The van der Waals surface area contributed by atoms with Gasteiger partial charge in [0.05, 0.1) is 0 Å². The average molecular weight is 298 g/mol. The number of hydrogen-bond donors (Lipinski definition) is 1. The summed E-state index contributed by atoms with van der Waals surface area (Å²) in [5.41, 5.74) is 8.74. The first kappa shape index (κ1) is 11.4. The van der Waals surface area contributed by atoms with Gasteiger partial charge in [-0.3, -0.25) is 0 Å². The van der Waals surface area contributed by atoms with Gasteiger partial charge in [-0.15, -0.1) is 0 Å². The highest BCUT2D eigenvalue weighted by atomic mass is 79.9. The monoisotopic (exact) mass is 297 g/mol. The molecule has 3 nitrogen and oxygen atoms in total. The van der Waals surface area contributed by atoms with Crippen molar-refractivity contribution in [1.82, 2.24) is 0 Å². The van der Waals surface area contributed by atoms with Gasteiger partial charge in [0.2, 0.25) is 0 Å². The molecule has 17 heavy (non-hydrogen) atoms. The van der Waals surface area contributed by atoms with E-state index in [0.717, 1.165) is 28.0 Å². The Morgan fingerprint density at radius 1 is 1.35 bits per heavy atom. The maximum absolute atomic E-state index is 6.26. The van der Waals surface area contributed by atoms with E-state index in [1.54, 1.807) is 0 Å². The average Bonchev–Trinajstić information content (AvgIpc) is 2.50. The molecule has 1 aromatic carbocycles. The Morgan fingerprint density at radius 2 is 2.06 bits per heavy atom. The number of halogens is 1. The van der Waals surface area contributed by atoms with E-state index in [-0.39, 0.29) is 11.5 Å². The standard InChI is InChI=1S/C13H16BrNO2/c1-13(2)6-8(15)10-11(13)7(14)5-9-12(10)17-4-3-16-9/h5,8H,3-4,6,15H2,1-2H3/t8-/m0/s1. The number of rotatable bonds is 0. The minimum absolute atomic E-state index is 0.0351. The third-order valence-corrected chi connectivity index (χ3v) is 4.22. The lowest BCUT2D eigenvalue weighted by Gasteiger charge is -2.25. The lowest BCUT2D eigenvalue weighted by Crippen LogP contribution is -2.19. The van der Waals surface area contributed by atoms with E-state index in [1.165, 1.54) is 5.56 Å². The first-order valence-corrected chi connectivity index (χ1v) is 6.68. The van der Waals surface area contributed by atoms with Crippen molar-refractivity contribution in [3.8, 4) is 11.5 Å². The molecule has 4 heteroatoms. The lowest BCUT2D eigenvalue weighted by molar-refractivity contribution is 0.169. The van der Waals surface area contributed by atoms with E-state index in [0.29, 0.717) is 13.2 Å². The van der Waals surface area contributed by atoms with E-state index >= 15 is 0 Å². The van der Waals surface area contributed by atoms with Crippen LogP contribution in [0.25, 0.3) is 0 Å². The summed E-state index contributed by atoms with van der Waals surface area (Å²) in [7, 11) is 0. The predicted octanol–water partition coefficient (Wildman–Crippen LogP) is 2.90. The summed E-state index contributed by atoms with van der Waals surface area (Å²) in [5.74, 6) is 1.67. The number of hydrogen-bond acceptors (Lipinski definition) is 3. The number of nitrogens with two attached hydrogens (primary N) is 1. The molecular formula is C13H16BrNO2. The highest BCUT2D eigenvalue weighted by molar-refractivity contribution is 9.10. The summed E-state index contributed by atoms with van der Waals surface area (Å²) in [4.78, 5) is 0. The molecule has 0 unspecified atom stereocenters. The second kappa shape index (κ2) is 3.62. The molecule has 0 bridgehead atoms. The Labute approximate surface area is 109 Å². The summed E-state index contributed by atoms with van der Waals surface area (Å²) >= 11 is 3.64. The first-order chi connectivity index (χ1) is 8.00. The molecule has 2 aliphatic rings. The van der Waals surface area contributed by atoms with Crippen LogP contribution < -0.4 is 15.2 Å². The van der Waals surface area contributed by atoms with Gasteiger partial charge < -0.3 is 15.2 Å². The van der Waals surface area contributed by atoms with Gasteiger partial charge in [0, 0.05) is 16.1 Å². The molecule has 0 saturated heterocycles. The molecule has 0 spiro atoms. The topological polar surface area (TPSA) is 44.5 Å². The van der Waals surface area contributed by atoms with Crippen molar-refractivity contribution in [2.75, 3.05) is 13.2 Å². The Balaban J connectivity index is 2.28. The van der Waals surface area contributed by atoms with Gasteiger partial charge in [0.15, 0.2) is 11.5 Å². The third kappa shape index (κ3) is 1.58. The van der Waals surface area contributed by atoms with Gasteiger partial charge in [-0.25, -0.2) is 0 Å². The molecule has 0 amide bonds. The highest BCUT2D eigenvalue weighted by Gasteiger charge is 2.40. The SMILES string of the molecule is CC1(C)C[C@H](N)c2c3c(cc(Br)c21)OCCO3. The molecule has 2 N–H and O–H groups in total. The van der Waals surface area contributed by atoms with Crippen LogP contribution in [-0.2, 0) is 5.41 Å². The second-order valence-electron chi connectivity index (χ2n) is 5.37. The molecule has 1 heterocycles. The zero-order chi connectivity index (χ0) is 12.2. The number of fused-ring (bicyclic) bond motifs is 3. The molecular weight excluding hydrogens is 282 g/mol. The molecule has 0 saturated carbocycles. The number of benzene rings is 1. The van der Waals surface area contributed by atoms with Crippen molar-refractivity contribution in [2.45, 2.75) is 31.7 Å². The van der Waals surface area contributed by atoms with E-state index in [4.69, 9.17) is 15.2 Å². The Kier molecular flexibility index (Phi) is 2.42. The van der Waals surface area contributed by atoms with Crippen molar-refractivity contribution >= 4 is 15.9 Å². The van der Waals surface area contributed by atoms with Crippen LogP contribution in [0.1, 0.15) is 37.4 Å². The molecule has 1 aromatic rings. The van der Waals surface area contributed by atoms with Crippen molar-refractivity contribution < 1.29 is 9.47 Å². The quantitative estimate of drug-likeness (QED) is 0.801. The van der Waals surface area contributed by atoms with Crippen LogP contribution in [-0.4, -0.2) is 13.2 Å². The third-order valence-electron chi connectivity index (χ3n) is 3.60. The summed E-state index contributed by atoms with van der Waals surface area (Å²) < 4.78 is 12.5. The summed E-state index contributed by atoms with van der Waals surface area (Å²) in [6, 6.07) is 2.04. The molecule has 1 aliphatic heterocycles. The van der Waals surface area contributed by atoms with E-state index in [2.05, 4.69) is 29.8 Å². The van der Waals surface area contributed by atoms with Crippen LogP contribution >= 0.6 is 15.9 Å². The van der Waals surface area contributed by atoms with Crippen molar-refractivity contribution in [3.05, 3.63) is 21.7 Å². The zero-order valence-corrected chi connectivity index (χ0v) is 11.6. The summed E-state index contributed by atoms with van der Waals surface area (Å²) in [6.07, 6.45) is 0.945. The van der Waals surface area contributed by atoms with E-state index in [1.807, 2.05) is 6.07 Å². The highest BCUT2D eigenvalue weighted by Crippen LogP contribution is 2.53. The molecule has 92 valence electrons. The molecule has 0 radical (unpaired) electrons. The summed E-state index contributed by atoms with van der Waals surface area (Å²) in [5, 5.41) is 0. The van der Waals surface area contributed by atoms with Gasteiger partial charge in [-0.1, -0.05) is 29.8 Å². The van der Waals surface area contributed by atoms with Crippen LogP contribution in [0, 0.1) is 0 Å². The lowest BCUT2D eigenvalue weighted by atomic mass is 9.86. The molecule has 1 atom stereocenters. The molecule has 0 fully saturated rings. The fourth-order valence-electron chi connectivity index (χ4n) is 2.97. The molecule has 0 aromatic heterocycles. The maximum Gasteiger partial charge on any atom is 0.166 e. The van der Waals surface area contributed by atoms with Crippen LogP contribution in [0.15, 0.2) is 10.5 Å². The Hall–Kier alpha value is -0.740.